The molecule has 0 bridgehead atoms. The summed E-state index contributed by atoms with van der Waals surface area (Å²) in [7, 11) is 0. The van der Waals surface area contributed by atoms with E-state index in [1.54, 1.807) is 48.1 Å². The van der Waals surface area contributed by atoms with E-state index in [1.165, 1.54) is 0 Å². The van der Waals surface area contributed by atoms with E-state index < -0.39 is 11.6 Å². The maximum absolute atomic E-state index is 13.2. The van der Waals surface area contributed by atoms with Crippen molar-refractivity contribution in [2.45, 2.75) is 0 Å². The van der Waals surface area contributed by atoms with Crippen molar-refractivity contribution >= 4 is 11.3 Å². The summed E-state index contributed by atoms with van der Waals surface area (Å²) in [6, 6.07) is 11.4. The van der Waals surface area contributed by atoms with Gasteiger partial charge in [0.05, 0.1) is 0 Å². The van der Waals surface area contributed by atoms with Gasteiger partial charge in [0.15, 0.2) is 0 Å². The molecule has 129 valence electrons. The van der Waals surface area contributed by atoms with Crippen molar-refractivity contribution in [3.8, 4) is 22.0 Å². The molecule has 1 radical (unpaired) electrons. The zero-order valence-electron chi connectivity index (χ0n) is 12.6. The molecule has 3 aromatic heterocycles. The number of aromatic nitrogens is 4. The molecule has 4 nitrogen and oxygen atoms in total. The first-order valence-electron chi connectivity index (χ1n) is 6.86. The van der Waals surface area contributed by atoms with Gasteiger partial charge in [0, 0.05) is 55.7 Å². The van der Waals surface area contributed by atoms with E-state index in [4.69, 9.17) is 0 Å². The van der Waals surface area contributed by atoms with Crippen LogP contribution in [-0.4, -0.2) is 15.1 Å². The summed E-state index contributed by atoms with van der Waals surface area (Å²) < 4.78 is 25.8. The Balaban J connectivity index is 0.000000182. The van der Waals surface area contributed by atoms with Gasteiger partial charge >= 0.3 is 0 Å². The molecule has 4 rings (SSSR count). The van der Waals surface area contributed by atoms with Crippen molar-refractivity contribution in [3.63, 3.8) is 0 Å². The first kappa shape index (κ1) is 19.0. The van der Waals surface area contributed by atoms with Crippen LogP contribution in [-0.2, 0) is 20.1 Å². The monoisotopic (exact) mass is 533 g/mol. The van der Waals surface area contributed by atoms with Crippen molar-refractivity contribution in [3.05, 3.63) is 78.1 Å². The van der Waals surface area contributed by atoms with Gasteiger partial charge in [-0.3, -0.25) is 8.78 Å². The number of pyridine rings is 1. The molecule has 0 saturated heterocycles. The van der Waals surface area contributed by atoms with Crippen LogP contribution in [0.25, 0.3) is 22.0 Å². The summed E-state index contributed by atoms with van der Waals surface area (Å²) in [5.74, 6) is -1.29. The topological polar surface area (TPSA) is 52.8 Å². The van der Waals surface area contributed by atoms with E-state index in [0.717, 1.165) is 22.8 Å². The molecule has 0 atom stereocenters. The van der Waals surface area contributed by atoms with Gasteiger partial charge in [0.2, 0.25) is 0 Å². The maximum Gasteiger partial charge on any atom is 0.102 e. The standard InChI is InChI=1S/C11H6F2N.C6H4N3S.Ir/c12-8-4-5-9(10(13)7-8)11-3-1-2-6-14-11;1-2-8-9-5(1)6-7-3-4-10-6;/h1-4,6-7H;1-4H;/q2*-1;. The molecule has 25 heavy (non-hydrogen) atoms. The van der Waals surface area contributed by atoms with Gasteiger partial charge in [-0.25, -0.2) is 4.98 Å². The van der Waals surface area contributed by atoms with Gasteiger partial charge in [-0.2, -0.15) is 0 Å². The number of nitrogens with zero attached hydrogens (tertiary/aromatic N) is 4. The Morgan fingerprint density at radius 3 is 2.52 bits per heavy atom. The van der Waals surface area contributed by atoms with Crippen LogP contribution < -0.4 is 5.10 Å². The van der Waals surface area contributed by atoms with Gasteiger partial charge in [-0.1, -0.05) is 35.5 Å². The fourth-order valence-corrected chi connectivity index (χ4v) is 2.45. The van der Waals surface area contributed by atoms with Crippen LogP contribution >= 0.6 is 11.3 Å². The molecule has 0 saturated carbocycles. The molecule has 0 unspecified atom stereocenters. The number of hydrogen-bond acceptors (Lipinski definition) is 4. The average molecular weight is 533 g/mol. The second-order valence-corrected chi connectivity index (χ2v) is 5.40. The minimum atomic E-state index is -0.649. The van der Waals surface area contributed by atoms with Gasteiger partial charge in [-0.15, -0.1) is 23.5 Å². The van der Waals surface area contributed by atoms with E-state index in [1.807, 2.05) is 11.4 Å². The smallest absolute Gasteiger partial charge is 0.102 e. The molecule has 3 heterocycles. The van der Waals surface area contributed by atoms with Gasteiger partial charge < -0.3 is 15.2 Å². The number of halogens is 2. The SMILES string of the molecule is Fc1c[c-]c(-c2ccccn2)c(F)c1.[Ir].c1cc(-c2nccs2)[n-]n1. The second kappa shape index (κ2) is 9.27. The molecule has 0 aliphatic heterocycles. The van der Waals surface area contributed by atoms with Crippen LogP contribution in [0, 0.1) is 17.7 Å². The summed E-state index contributed by atoms with van der Waals surface area (Å²) in [6.07, 6.45) is 4.97. The quantitative estimate of drug-likeness (QED) is 0.367. The van der Waals surface area contributed by atoms with E-state index in [-0.39, 0.29) is 25.7 Å². The van der Waals surface area contributed by atoms with Crippen molar-refractivity contribution in [1.82, 2.24) is 20.2 Å². The number of hydrogen-bond donors (Lipinski definition) is 0. The van der Waals surface area contributed by atoms with E-state index in [0.29, 0.717) is 5.69 Å². The minimum Gasteiger partial charge on any atom is -0.573 e. The van der Waals surface area contributed by atoms with Crippen molar-refractivity contribution in [1.29, 1.82) is 0 Å². The Labute approximate surface area is 160 Å². The third-order valence-corrected chi connectivity index (χ3v) is 3.69. The molecule has 1 aromatic carbocycles. The van der Waals surface area contributed by atoms with Crippen LogP contribution in [0.15, 0.2) is 60.4 Å². The van der Waals surface area contributed by atoms with E-state index in [9.17, 15) is 8.78 Å². The molecule has 0 spiro atoms. The van der Waals surface area contributed by atoms with Crippen molar-refractivity contribution in [2.75, 3.05) is 0 Å². The Hall–Kier alpha value is -2.28. The molecule has 0 aliphatic rings. The molecular weight excluding hydrogens is 522 g/mol. The number of rotatable bonds is 2. The number of thiazole rings is 1. The maximum atomic E-state index is 13.2. The summed E-state index contributed by atoms with van der Waals surface area (Å²) in [5, 5.41) is 10.4. The molecule has 0 amide bonds. The van der Waals surface area contributed by atoms with Crippen LogP contribution in [0.4, 0.5) is 8.78 Å². The zero-order valence-corrected chi connectivity index (χ0v) is 15.8. The minimum absolute atomic E-state index is 0. The summed E-state index contributed by atoms with van der Waals surface area (Å²) in [4.78, 5) is 8.02. The van der Waals surface area contributed by atoms with Gasteiger partial charge in [0.25, 0.3) is 0 Å². The van der Waals surface area contributed by atoms with E-state index >= 15 is 0 Å². The van der Waals surface area contributed by atoms with Crippen LogP contribution in [0.1, 0.15) is 0 Å². The Morgan fingerprint density at radius 1 is 1.04 bits per heavy atom. The second-order valence-electron chi connectivity index (χ2n) is 4.51. The first-order chi connectivity index (χ1) is 11.7. The Kier molecular flexibility index (Phi) is 7.06. The third-order valence-electron chi connectivity index (χ3n) is 2.89. The molecular formula is C17H10F2IrN4S-2. The summed E-state index contributed by atoms with van der Waals surface area (Å²) in [5.41, 5.74) is 1.49. The van der Waals surface area contributed by atoms with Crippen LogP contribution in [0.2, 0.25) is 0 Å². The van der Waals surface area contributed by atoms with Crippen LogP contribution in [0.3, 0.4) is 0 Å². The van der Waals surface area contributed by atoms with E-state index in [2.05, 4.69) is 26.2 Å². The largest absolute Gasteiger partial charge is 0.573 e. The predicted octanol–water partition coefficient (Wildman–Crippen LogP) is 3.99. The van der Waals surface area contributed by atoms with Gasteiger partial charge in [0.1, 0.15) is 5.01 Å². The predicted molar refractivity (Wildman–Crippen MR) is 87.1 cm³/mol. The van der Waals surface area contributed by atoms with Crippen LogP contribution in [0.5, 0.6) is 0 Å². The molecule has 0 N–H and O–H groups in total. The molecule has 0 fully saturated rings. The normalized spacial score (nSPS) is 9.68. The van der Waals surface area contributed by atoms with Crippen molar-refractivity contribution < 1.29 is 28.9 Å². The molecule has 4 aromatic rings. The average Bonchev–Trinajstić information content (AvgIpc) is 3.30. The molecule has 0 aliphatic carbocycles. The summed E-state index contributed by atoms with van der Waals surface area (Å²) in [6.45, 7) is 0. The summed E-state index contributed by atoms with van der Waals surface area (Å²) >= 11 is 1.57. The third kappa shape index (κ3) is 5.09. The zero-order chi connectivity index (χ0) is 16.8. The van der Waals surface area contributed by atoms with Crippen molar-refractivity contribution in [2.24, 2.45) is 0 Å². The number of benzene rings is 1. The molecule has 8 heteroatoms. The fraction of sp³-hybridized carbons (Fsp3) is 0. The van der Waals surface area contributed by atoms with Gasteiger partial charge in [-0.05, 0) is 11.8 Å². The first-order valence-corrected chi connectivity index (χ1v) is 7.74. The fourth-order valence-electron chi connectivity index (χ4n) is 1.85. The Bertz CT molecular complexity index is 852. The Morgan fingerprint density at radius 2 is 1.92 bits per heavy atom.